The number of carbonyl (C=O) groups excluding carboxylic acids is 2. The summed E-state index contributed by atoms with van der Waals surface area (Å²) < 4.78 is 24.4. The molecule has 0 aromatic heterocycles. The van der Waals surface area contributed by atoms with Gasteiger partial charge in [0.2, 0.25) is 10.0 Å². The van der Waals surface area contributed by atoms with Crippen LogP contribution in [0.15, 0.2) is 47.4 Å². The Morgan fingerprint density at radius 1 is 0.829 bits per heavy atom. The van der Waals surface area contributed by atoms with Crippen molar-refractivity contribution in [2.45, 2.75) is 57.9 Å². The molecule has 0 aliphatic heterocycles. The molecule has 2 aromatic rings. The average molecular weight is 503 g/mol. The van der Waals surface area contributed by atoms with Gasteiger partial charge in [-0.15, -0.1) is 0 Å². The van der Waals surface area contributed by atoms with Crippen LogP contribution in [0.4, 0.5) is 0 Å². The van der Waals surface area contributed by atoms with Gasteiger partial charge in [-0.2, -0.15) is 0 Å². The molecule has 2 amide bonds. The van der Waals surface area contributed by atoms with Crippen molar-refractivity contribution in [2.75, 3.05) is 26.2 Å². The molecule has 0 bridgehead atoms. The number of aryl methyl sites for hydroxylation is 1. The molecular formula is C26H38N4O4S. The van der Waals surface area contributed by atoms with E-state index in [1.54, 1.807) is 9.80 Å². The van der Waals surface area contributed by atoms with Crippen molar-refractivity contribution in [3.8, 4) is 0 Å². The minimum atomic E-state index is -4.14. The Morgan fingerprint density at radius 3 is 1.91 bits per heavy atom. The summed E-state index contributed by atoms with van der Waals surface area (Å²) >= 11 is 0. The molecule has 192 valence electrons. The largest absolute Gasteiger partial charge is 0.339 e. The van der Waals surface area contributed by atoms with E-state index in [1.807, 2.05) is 38.1 Å². The molecule has 0 saturated carbocycles. The standard InChI is InChI=1S/C26H38N4O4S/c1-4-12-29(13-5-2)25(31)22-16-23(18-24(17-22)35(28,33)34)26(32)30(14-8-11-27)19-21-10-7-9-20(6-3)15-21/h7,9-10,15-18H,4-6,8,11-14,19,27H2,1-3H3,(H2,28,33,34). The van der Waals surface area contributed by atoms with Crippen molar-refractivity contribution < 1.29 is 18.0 Å². The van der Waals surface area contributed by atoms with Gasteiger partial charge in [0.1, 0.15) is 0 Å². The maximum Gasteiger partial charge on any atom is 0.254 e. The molecule has 0 heterocycles. The molecule has 2 aromatic carbocycles. The van der Waals surface area contributed by atoms with Crippen molar-refractivity contribution >= 4 is 21.8 Å². The highest BCUT2D eigenvalue weighted by Crippen LogP contribution is 2.20. The topological polar surface area (TPSA) is 127 Å². The van der Waals surface area contributed by atoms with Crippen LogP contribution < -0.4 is 10.9 Å². The van der Waals surface area contributed by atoms with Gasteiger partial charge in [0.15, 0.2) is 0 Å². The van der Waals surface area contributed by atoms with Gasteiger partial charge in [0.25, 0.3) is 11.8 Å². The van der Waals surface area contributed by atoms with Crippen LogP contribution in [0.2, 0.25) is 0 Å². The lowest BCUT2D eigenvalue weighted by Crippen LogP contribution is -2.34. The lowest BCUT2D eigenvalue weighted by molar-refractivity contribution is 0.0741. The molecule has 0 aliphatic rings. The molecule has 0 unspecified atom stereocenters. The Morgan fingerprint density at radius 2 is 1.40 bits per heavy atom. The Kier molecular flexibility index (Phi) is 10.9. The summed E-state index contributed by atoms with van der Waals surface area (Å²) in [6, 6.07) is 11.9. The van der Waals surface area contributed by atoms with Gasteiger partial charge in [-0.25, -0.2) is 13.6 Å². The Labute approximate surface area is 209 Å². The van der Waals surface area contributed by atoms with Gasteiger partial charge in [-0.3, -0.25) is 9.59 Å². The summed E-state index contributed by atoms with van der Waals surface area (Å²) in [4.78, 5) is 29.9. The van der Waals surface area contributed by atoms with Crippen LogP contribution in [0.25, 0.3) is 0 Å². The molecule has 0 radical (unpaired) electrons. The van der Waals surface area contributed by atoms with Crippen LogP contribution >= 0.6 is 0 Å². The zero-order valence-electron chi connectivity index (χ0n) is 21.0. The molecule has 0 saturated heterocycles. The number of carbonyl (C=O) groups is 2. The second kappa shape index (κ2) is 13.4. The monoisotopic (exact) mass is 502 g/mol. The zero-order valence-corrected chi connectivity index (χ0v) is 21.8. The summed E-state index contributed by atoms with van der Waals surface area (Å²) in [5.41, 5.74) is 8.07. The summed E-state index contributed by atoms with van der Waals surface area (Å²) in [7, 11) is -4.14. The number of benzene rings is 2. The predicted molar refractivity (Wildman–Crippen MR) is 139 cm³/mol. The van der Waals surface area contributed by atoms with E-state index in [2.05, 4.69) is 6.92 Å². The van der Waals surface area contributed by atoms with E-state index in [4.69, 9.17) is 10.9 Å². The number of rotatable bonds is 13. The normalized spacial score (nSPS) is 11.3. The van der Waals surface area contributed by atoms with Gasteiger partial charge in [0, 0.05) is 37.3 Å². The SMILES string of the molecule is CCCN(CCC)C(=O)c1cc(C(=O)N(CCCN)Cc2cccc(CC)c2)cc(S(N)(=O)=O)c1. The summed E-state index contributed by atoms with van der Waals surface area (Å²) in [6.07, 6.45) is 2.98. The molecular weight excluding hydrogens is 464 g/mol. The first-order valence-electron chi connectivity index (χ1n) is 12.2. The third-order valence-corrected chi connectivity index (χ3v) is 6.59. The fraction of sp³-hybridized carbons (Fsp3) is 0.462. The lowest BCUT2D eigenvalue weighted by Gasteiger charge is -2.25. The molecule has 0 aliphatic carbocycles. The van der Waals surface area contributed by atoms with Crippen LogP contribution in [0.5, 0.6) is 0 Å². The van der Waals surface area contributed by atoms with Crippen LogP contribution in [-0.4, -0.2) is 56.2 Å². The van der Waals surface area contributed by atoms with E-state index < -0.39 is 10.0 Å². The smallest absolute Gasteiger partial charge is 0.254 e. The molecule has 4 N–H and O–H groups in total. The number of nitrogens with two attached hydrogens (primary N) is 2. The van der Waals surface area contributed by atoms with E-state index in [-0.39, 0.29) is 27.8 Å². The summed E-state index contributed by atoms with van der Waals surface area (Å²) in [5, 5.41) is 5.41. The number of primary sulfonamides is 1. The van der Waals surface area contributed by atoms with Crippen LogP contribution in [-0.2, 0) is 23.0 Å². The summed E-state index contributed by atoms with van der Waals surface area (Å²) in [6.45, 7) is 8.21. The van der Waals surface area contributed by atoms with Crippen molar-refractivity contribution in [1.29, 1.82) is 0 Å². The van der Waals surface area contributed by atoms with Crippen molar-refractivity contribution in [2.24, 2.45) is 10.9 Å². The fourth-order valence-corrected chi connectivity index (χ4v) is 4.52. The molecule has 2 rings (SSSR count). The second-order valence-corrected chi connectivity index (χ2v) is 10.2. The van der Waals surface area contributed by atoms with Crippen molar-refractivity contribution in [3.05, 3.63) is 64.7 Å². The number of hydrogen-bond acceptors (Lipinski definition) is 5. The number of sulfonamides is 1. The van der Waals surface area contributed by atoms with Crippen LogP contribution in [0.3, 0.4) is 0 Å². The van der Waals surface area contributed by atoms with Gasteiger partial charge in [-0.05, 0) is 61.6 Å². The first-order valence-corrected chi connectivity index (χ1v) is 13.7. The first-order chi connectivity index (χ1) is 16.6. The highest BCUT2D eigenvalue weighted by Gasteiger charge is 2.23. The third kappa shape index (κ3) is 8.16. The quantitative estimate of drug-likeness (QED) is 0.435. The van der Waals surface area contributed by atoms with E-state index >= 15 is 0 Å². The Balaban J connectivity index is 2.51. The van der Waals surface area contributed by atoms with Crippen molar-refractivity contribution in [3.63, 3.8) is 0 Å². The molecule has 0 spiro atoms. The first kappa shape index (κ1) is 28.5. The van der Waals surface area contributed by atoms with Gasteiger partial charge in [-0.1, -0.05) is 45.0 Å². The Bertz CT molecular complexity index is 1110. The Hall–Kier alpha value is -2.75. The molecule has 35 heavy (non-hydrogen) atoms. The van der Waals surface area contributed by atoms with Crippen LogP contribution in [0.1, 0.15) is 71.9 Å². The fourth-order valence-electron chi connectivity index (χ4n) is 3.93. The highest BCUT2D eigenvalue weighted by molar-refractivity contribution is 7.89. The van der Waals surface area contributed by atoms with E-state index in [0.717, 1.165) is 30.4 Å². The number of nitrogens with zero attached hydrogens (tertiary/aromatic N) is 2. The number of hydrogen-bond donors (Lipinski definition) is 2. The predicted octanol–water partition coefficient (Wildman–Crippen LogP) is 3.15. The van der Waals surface area contributed by atoms with Gasteiger partial charge in [0.05, 0.1) is 4.90 Å². The average Bonchev–Trinajstić information content (AvgIpc) is 2.84. The van der Waals surface area contributed by atoms with E-state index in [9.17, 15) is 18.0 Å². The molecule has 0 atom stereocenters. The minimum absolute atomic E-state index is 0.108. The minimum Gasteiger partial charge on any atom is -0.339 e. The molecule has 0 fully saturated rings. The molecule has 8 nitrogen and oxygen atoms in total. The van der Waals surface area contributed by atoms with Crippen molar-refractivity contribution in [1.82, 2.24) is 9.80 Å². The second-order valence-electron chi connectivity index (χ2n) is 8.63. The van der Waals surface area contributed by atoms with E-state index in [1.165, 1.54) is 18.2 Å². The summed E-state index contributed by atoms with van der Waals surface area (Å²) in [5.74, 6) is -0.699. The van der Waals surface area contributed by atoms with Crippen LogP contribution in [0, 0.1) is 0 Å². The maximum atomic E-state index is 13.6. The third-order valence-electron chi connectivity index (χ3n) is 5.70. The number of amides is 2. The zero-order chi connectivity index (χ0) is 26.0. The van der Waals surface area contributed by atoms with Gasteiger partial charge < -0.3 is 15.5 Å². The van der Waals surface area contributed by atoms with Gasteiger partial charge >= 0.3 is 0 Å². The maximum absolute atomic E-state index is 13.6. The molecule has 9 heteroatoms. The van der Waals surface area contributed by atoms with E-state index in [0.29, 0.717) is 39.1 Å². The lowest BCUT2D eigenvalue weighted by atomic mass is 10.1. The highest BCUT2D eigenvalue weighted by atomic mass is 32.2.